The Bertz CT molecular complexity index is 391. The molecule has 0 aromatic heterocycles. The molecule has 1 aromatic rings. The maximum atomic E-state index is 9.15. The van der Waals surface area contributed by atoms with Gasteiger partial charge in [-0.2, -0.15) is 0 Å². The van der Waals surface area contributed by atoms with Crippen LogP contribution in [0.1, 0.15) is 5.56 Å². The molecular weight excluding hydrogens is 150 g/mol. The topological polar surface area (TPSA) is 46.2 Å². The molecule has 0 spiro atoms. The number of phenols is 1. The van der Waals surface area contributed by atoms with Crippen LogP contribution >= 0.6 is 0 Å². The van der Waals surface area contributed by atoms with Crippen LogP contribution in [0.2, 0.25) is 0 Å². The minimum absolute atomic E-state index is 0.0267. The zero-order chi connectivity index (χ0) is 8.97. The van der Waals surface area contributed by atoms with Gasteiger partial charge in [-0.15, -0.1) is 6.42 Å². The molecule has 0 saturated heterocycles. The van der Waals surface area contributed by atoms with E-state index < -0.39 is 0 Å². The lowest BCUT2D eigenvalue weighted by atomic mass is 10.2. The van der Waals surface area contributed by atoms with Crippen LogP contribution < -0.4 is 5.73 Å². The largest absolute Gasteiger partial charge is 0.506 e. The average Bonchev–Trinajstić information content (AvgIpc) is 2.08. The quantitative estimate of drug-likeness (QED) is 0.334. The lowest BCUT2D eigenvalue weighted by molar-refractivity contribution is 0.478. The first-order valence-corrected chi connectivity index (χ1v) is 3.29. The molecule has 2 nitrogen and oxygen atoms in total. The Labute approximate surface area is 71.0 Å². The van der Waals surface area contributed by atoms with Gasteiger partial charge in [-0.1, -0.05) is 12.0 Å². The van der Waals surface area contributed by atoms with Gasteiger partial charge in [0.15, 0.2) is 0 Å². The van der Waals surface area contributed by atoms with Crippen molar-refractivity contribution < 1.29 is 5.11 Å². The molecule has 0 radical (unpaired) electrons. The van der Waals surface area contributed by atoms with Gasteiger partial charge in [0.05, 0.1) is 11.3 Å². The number of para-hydroxylation sites is 1. The highest BCUT2D eigenvalue weighted by Crippen LogP contribution is 2.22. The Hall–Kier alpha value is -2.06. The summed E-state index contributed by atoms with van der Waals surface area (Å²) >= 11 is 0. The fourth-order valence-electron chi connectivity index (χ4n) is 0.765. The van der Waals surface area contributed by atoms with Crippen molar-refractivity contribution in [3.63, 3.8) is 0 Å². The lowest BCUT2D eigenvalue weighted by Gasteiger charge is -1.98. The van der Waals surface area contributed by atoms with Crippen LogP contribution in [0.4, 0.5) is 5.69 Å². The fourth-order valence-corrected chi connectivity index (χ4v) is 0.765. The molecule has 0 atom stereocenters. The third-order valence-corrected chi connectivity index (χ3v) is 1.35. The number of hydrogen-bond donors (Lipinski definition) is 2. The molecule has 0 bridgehead atoms. The third-order valence-electron chi connectivity index (χ3n) is 1.35. The summed E-state index contributed by atoms with van der Waals surface area (Å²) in [5.41, 5.74) is 6.32. The normalized spacial score (nSPS) is 7.92. The molecule has 0 aliphatic rings. The molecule has 1 rings (SSSR count). The Balaban J connectivity index is 3.19. The first-order valence-electron chi connectivity index (χ1n) is 3.29. The second kappa shape index (κ2) is 3.37. The van der Waals surface area contributed by atoms with Gasteiger partial charge < -0.3 is 10.8 Å². The van der Waals surface area contributed by atoms with Gasteiger partial charge in [0, 0.05) is 0 Å². The second-order valence-corrected chi connectivity index (χ2v) is 2.13. The van der Waals surface area contributed by atoms with E-state index in [2.05, 4.69) is 17.8 Å². The maximum Gasteiger partial charge on any atom is 0.139 e. The third kappa shape index (κ3) is 1.51. The van der Waals surface area contributed by atoms with Crippen molar-refractivity contribution in [2.45, 2.75) is 0 Å². The number of nitrogen functional groups attached to an aromatic ring is 1. The molecule has 3 N–H and O–H groups in total. The number of anilines is 1. The monoisotopic (exact) mass is 157 g/mol. The highest BCUT2D eigenvalue weighted by molar-refractivity contribution is 5.64. The molecule has 12 heavy (non-hydrogen) atoms. The Morgan fingerprint density at radius 1 is 1.42 bits per heavy atom. The molecular formula is C10H7NO. The van der Waals surface area contributed by atoms with Crippen LogP contribution in [0.5, 0.6) is 5.75 Å². The van der Waals surface area contributed by atoms with E-state index in [0.29, 0.717) is 5.56 Å². The minimum atomic E-state index is 0.0267. The lowest BCUT2D eigenvalue weighted by Crippen LogP contribution is -1.89. The van der Waals surface area contributed by atoms with Gasteiger partial charge in [-0.05, 0) is 24.0 Å². The van der Waals surface area contributed by atoms with Crippen LogP contribution in [-0.4, -0.2) is 5.11 Å². The SMILES string of the molecule is C#CC#Cc1cccc(O)c1N. The molecule has 0 saturated carbocycles. The molecule has 58 valence electrons. The number of benzene rings is 1. The molecule has 0 heterocycles. The summed E-state index contributed by atoms with van der Waals surface area (Å²) in [7, 11) is 0. The van der Waals surface area contributed by atoms with Crippen molar-refractivity contribution in [1.29, 1.82) is 0 Å². The average molecular weight is 157 g/mol. The Morgan fingerprint density at radius 3 is 2.83 bits per heavy atom. The summed E-state index contributed by atoms with van der Waals surface area (Å²) in [6.45, 7) is 0. The molecule has 0 amide bonds. The molecule has 2 heteroatoms. The van der Waals surface area contributed by atoms with E-state index >= 15 is 0 Å². The predicted molar refractivity (Wildman–Crippen MR) is 48.2 cm³/mol. The zero-order valence-corrected chi connectivity index (χ0v) is 6.33. The van der Waals surface area contributed by atoms with Gasteiger partial charge in [-0.25, -0.2) is 0 Å². The number of hydrogen-bond acceptors (Lipinski definition) is 2. The van der Waals surface area contributed by atoms with E-state index in [4.69, 9.17) is 17.3 Å². The summed E-state index contributed by atoms with van der Waals surface area (Å²) in [5.74, 6) is 7.24. The number of terminal acetylenes is 1. The number of rotatable bonds is 0. The maximum absolute atomic E-state index is 9.15. The van der Waals surface area contributed by atoms with Crippen molar-refractivity contribution in [2.75, 3.05) is 5.73 Å². The van der Waals surface area contributed by atoms with E-state index in [1.165, 1.54) is 6.07 Å². The van der Waals surface area contributed by atoms with E-state index in [-0.39, 0.29) is 11.4 Å². The van der Waals surface area contributed by atoms with Crippen LogP contribution in [0.15, 0.2) is 18.2 Å². The van der Waals surface area contributed by atoms with Crippen molar-refractivity contribution in [3.8, 4) is 29.9 Å². The van der Waals surface area contributed by atoms with Gasteiger partial charge in [0.2, 0.25) is 0 Å². The molecule has 0 fully saturated rings. The highest BCUT2D eigenvalue weighted by atomic mass is 16.3. The van der Waals surface area contributed by atoms with Crippen molar-refractivity contribution in [3.05, 3.63) is 23.8 Å². The van der Waals surface area contributed by atoms with Crippen LogP contribution in [0.3, 0.4) is 0 Å². The predicted octanol–water partition coefficient (Wildman–Crippen LogP) is 0.959. The van der Waals surface area contributed by atoms with Crippen LogP contribution in [-0.2, 0) is 0 Å². The van der Waals surface area contributed by atoms with Crippen molar-refractivity contribution in [1.82, 2.24) is 0 Å². The number of aromatic hydroxyl groups is 1. The summed E-state index contributed by atoms with van der Waals surface area (Å²) < 4.78 is 0. The second-order valence-electron chi connectivity index (χ2n) is 2.13. The standard InChI is InChI=1S/C10H7NO/c1-2-3-5-8-6-4-7-9(12)10(8)11/h1,4,6-7,12H,11H2. The zero-order valence-electron chi connectivity index (χ0n) is 6.33. The fraction of sp³-hybridized carbons (Fsp3) is 0. The van der Waals surface area contributed by atoms with Gasteiger partial charge in [0.1, 0.15) is 5.75 Å². The summed E-state index contributed by atoms with van der Waals surface area (Å²) in [5, 5.41) is 9.15. The molecule has 0 aliphatic heterocycles. The Kier molecular flexibility index (Phi) is 2.26. The highest BCUT2D eigenvalue weighted by Gasteiger charge is 1.98. The van der Waals surface area contributed by atoms with Crippen LogP contribution in [0, 0.1) is 24.2 Å². The summed E-state index contributed by atoms with van der Waals surface area (Å²) in [4.78, 5) is 0. The van der Waals surface area contributed by atoms with Crippen LogP contribution in [0.25, 0.3) is 0 Å². The smallest absolute Gasteiger partial charge is 0.139 e. The number of nitrogens with two attached hydrogens (primary N) is 1. The van der Waals surface area contributed by atoms with Gasteiger partial charge >= 0.3 is 0 Å². The molecule has 0 aliphatic carbocycles. The Morgan fingerprint density at radius 2 is 2.17 bits per heavy atom. The van der Waals surface area contributed by atoms with E-state index in [9.17, 15) is 0 Å². The van der Waals surface area contributed by atoms with E-state index in [1.54, 1.807) is 12.1 Å². The van der Waals surface area contributed by atoms with E-state index in [1.807, 2.05) is 0 Å². The summed E-state index contributed by atoms with van der Waals surface area (Å²) in [6, 6.07) is 4.85. The van der Waals surface area contributed by atoms with Crippen molar-refractivity contribution in [2.24, 2.45) is 0 Å². The molecule has 1 aromatic carbocycles. The van der Waals surface area contributed by atoms with Gasteiger partial charge in [0.25, 0.3) is 0 Å². The van der Waals surface area contributed by atoms with Crippen molar-refractivity contribution >= 4 is 5.69 Å². The first kappa shape index (κ1) is 8.04. The summed E-state index contributed by atoms with van der Waals surface area (Å²) in [6.07, 6.45) is 4.94. The minimum Gasteiger partial charge on any atom is -0.506 e. The first-order chi connectivity index (χ1) is 5.75. The molecule has 0 unspecified atom stereocenters. The van der Waals surface area contributed by atoms with E-state index in [0.717, 1.165) is 0 Å². The van der Waals surface area contributed by atoms with Gasteiger partial charge in [-0.3, -0.25) is 0 Å². The number of phenolic OH excluding ortho intramolecular Hbond substituents is 1.